The minimum Gasteiger partial charge on any atom is -0.497 e. The van der Waals surface area contributed by atoms with Crippen LogP contribution in [0, 0.1) is 0 Å². The highest BCUT2D eigenvalue weighted by Gasteiger charge is 2.32. The Hall–Kier alpha value is -4.20. The molecule has 0 saturated carbocycles. The fourth-order valence-corrected chi connectivity index (χ4v) is 4.12. The molecule has 0 aromatic heterocycles. The van der Waals surface area contributed by atoms with E-state index in [1.54, 1.807) is 38.4 Å². The smallest absolute Gasteiger partial charge is 0.306 e. The molecular weight excluding hydrogens is 448 g/mol. The topological polar surface area (TPSA) is 93.2 Å². The van der Waals surface area contributed by atoms with Crippen molar-refractivity contribution in [2.45, 2.75) is 19.4 Å². The minimum absolute atomic E-state index is 0.0181. The molecule has 0 atom stereocenters. The Bertz CT molecular complexity index is 1250. The predicted octanol–water partition coefficient (Wildman–Crippen LogP) is 3.43. The third-order valence-electron chi connectivity index (χ3n) is 5.95. The maximum absolute atomic E-state index is 12.9. The third-order valence-corrected chi connectivity index (χ3v) is 5.95. The first-order valence-corrected chi connectivity index (χ1v) is 11.3. The van der Waals surface area contributed by atoms with Gasteiger partial charge < -0.3 is 14.4 Å². The Morgan fingerprint density at radius 1 is 0.943 bits per heavy atom. The molecule has 0 bridgehead atoms. The van der Waals surface area contributed by atoms with E-state index in [1.165, 1.54) is 4.90 Å². The third kappa shape index (κ3) is 5.16. The number of methoxy groups -OCH3 is 1. The van der Waals surface area contributed by atoms with Gasteiger partial charge in [0.1, 0.15) is 5.75 Å². The van der Waals surface area contributed by atoms with Crippen molar-refractivity contribution < 1.29 is 28.7 Å². The normalized spacial score (nSPS) is 12.6. The standard InChI is InChI=1S/C27H26N2O6/c1-28(16-18-7-3-10-20(15-18)34-2)23(30)17-35-24(31)13-6-14-29-26(32)21-11-4-8-19-9-5-12-22(25(19)21)27(29)33/h3-5,7-12,15H,6,13-14,16-17H2,1-2H3. The lowest BCUT2D eigenvalue weighted by atomic mass is 9.94. The van der Waals surface area contributed by atoms with Gasteiger partial charge in [-0.05, 0) is 41.6 Å². The summed E-state index contributed by atoms with van der Waals surface area (Å²) >= 11 is 0. The molecule has 1 heterocycles. The zero-order valence-corrected chi connectivity index (χ0v) is 19.7. The van der Waals surface area contributed by atoms with Gasteiger partial charge in [-0.25, -0.2) is 0 Å². The minimum atomic E-state index is -0.562. The summed E-state index contributed by atoms with van der Waals surface area (Å²) in [6.45, 7) is 0.0540. The van der Waals surface area contributed by atoms with Gasteiger partial charge >= 0.3 is 5.97 Å². The summed E-state index contributed by atoms with van der Waals surface area (Å²) in [7, 11) is 3.20. The van der Waals surface area contributed by atoms with Crippen LogP contribution >= 0.6 is 0 Å². The van der Waals surface area contributed by atoms with Gasteiger partial charge in [-0.2, -0.15) is 0 Å². The summed E-state index contributed by atoms with van der Waals surface area (Å²) in [4.78, 5) is 52.9. The molecule has 0 saturated heterocycles. The van der Waals surface area contributed by atoms with Crippen LogP contribution in [-0.2, 0) is 20.9 Å². The molecule has 4 rings (SSSR count). The van der Waals surface area contributed by atoms with E-state index in [-0.39, 0.29) is 43.7 Å². The zero-order chi connectivity index (χ0) is 24.9. The predicted molar refractivity (Wildman–Crippen MR) is 129 cm³/mol. The Balaban J connectivity index is 1.26. The number of benzene rings is 3. The van der Waals surface area contributed by atoms with E-state index in [0.29, 0.717) is 28.8 Å². The van der Waals surface area contributed by atoms with Crippen LogP contribution in [0.5, 0.6) is 5.75 Å². The first-order valence-electron chi connectivity index (χ1n) is 11.3. The average Bonchev–Trinajstić information content (AvgIpc) is 2.87. The van der Waals surface area contributed by atoms with Crippen LogP contribution in [0.4, 0.5) is 0 Å². The highest BCUT2D eigenvalue weighted by atomic mass is 16.5. The monoisotopic (exact) mass is 474 g/mol. The summed E-state index contributed by atoms with van der Waals surface area (Å²) in [6, 6.07) is 18.1. The lowest BCUT2D eigenvalue weighted by molar-refractivity contribution is -0.151. The SMILES string of the molecule is COc1cccc(CN(C)C(=O)COC(=O)CCCN2C(=O)c3cccc4cccc(c34)C2=O)c1. The molecule has 0 N–H and O–H groups in total. The lowest BCUT2D eigenvalue weighted by Gasteiger charge is -2.27. The average molecular weight is 475 g/mol. The van der Waals surface area contributed by atoms with Gasteiger partial charge in [-0.1, -0.05) is 36.4 Å². The zero-order valence-electron chi connectivity index (χ0n) is 19.7. The second-order valence-corrected chi connectivity index (χ2v) is 8.34. The molecule has 3 aromatic carbocycles. The summed E-state index contributed by atoms with van der Waals surface area (Å²) in [5.41, 5.74) is 1.84. The van der Waals surface area contributed by atoms with E-state index in [9.17, 15) is 19.2 Å². The molecule has 0 radical (unpaired) electrons. The van der Waals surface area contributed by atoms with E-state index >= 15 is 0 Å². The van der Waals surface area contributed by atoms with Crippen LogP contribution in [0.15, 0.2) is 60.7 Å². The van der Waals surface area contributed by atoms with Gasteiger partial charge in [0.25, 0.3) is 17.7 Å². The van der Waals surface area contributed by atoms with Crippen LogP contribution in [0.3, 0.4) is 0 Å². The van der Waals surface area contributed by atoms with Gasteiger partial charge in [0, 0.05) is 43.1 Å². The summed E-state index contributed by atoms with van der Waals surface area (Å²) in [6.07, 6.45) is 0.220. The molecular formula is C27H26N2O6. The Morgan fingerprint density at radius 2 is 1.60 bits per heavy atom. The van der Waals surface area contributed by atoms with E-state index in [2.05, 4.69) is 0 Å². The molecule has 35 heavy (non-hydrogen) atoms. The van der Waals surface area contributed by atoms with Gasteiger partial charge in [0.2, 0.25) is 0 Å². The number of nitrogens with zero attached hydrogens (tertiary/aromatic N) is 2. The second kappa shape index (κ2) is 10.4. The van der Waals surface area contributed by atoms with Crippen molar-refractivity contribution in [3.8, 4) is 5.75 Å². The number of hydrogen-bond acceptors (Lipinski definition) is 6. The Labute approximate surface area is 203 Å². The van der Waals surface area contributed by atoms with E-state index < -0.39 is 5.97 Å². The number of carbonyl (C=O) groups excluding carboxylic acids is 4. The number of carbonyl (C=O) groups is 4. The molecule has 0 spiro atoms. The fourth-order valence-electron chi connectivity index (χ4n) is 4.12. The van der Waals surface area contributed by atoms with Crippen molar-refractivity contribution in [2.24, 2.45) is 0 Å². The van der Waals surface area contributed by atoms with Gasteiger partial charge in [0.05, 0.1) is 7.11 Å². The quantitative estimate of drug-likeness (QED) is 0.349. The number of imide groups is 1. The Kier molecular flexibility index (Phi) is 7.10. The first kappa shape index (κ1) is 23.9. The number of likely N-dealkylation sites (N-methyl/N-ethyl adjacent to an activating group) is 1. The van der Waals surface area contributed by atoms with Crippen molar-refractivity contribution in [3.05, 3.63) is 77.4 Å². The summed E-state index contributed by atoms with van der Waals surface area (Å²) in [5.74, 6) is -0.954. The van der Waals surface area contributed by atoms with Crippen LogP contribution in [-0.4, -0.2) is 60.8 Å². The highest BCUT2D eigenvalue weighted by molar-refractivity contribution is 6.25. The maximum Gasteiger partial charge on any atom is 0.306 e. The van der Waals surface area contributed by atoms with Crippen LogP contribution in [0.2, 0.25) is 0 Å². The first-order chi connectivity index (χ1) is 16.9. The molecule has 1 aliphatic heterocycles. The van der Waals surface area contributed by atoms with Crippen molar-refractivity contribution in [2.75, 3.05) is 27.3 Å². The molecule has 0 unspecified atom stereocenters. The van der Waals surface area contributed by atoms with E-state index in [1.807, 2.05) is 36.4 Å². The molecule has 0 aliphatic carbocycles. The molecule has 0 fully saturated rings. The van der Waals surface area contributed by atoms with E-state index in [4.69, 9.17) is 9.47 Å². The molecule has 180 valence electrons. The number of ether oxygens (including phenoxy) is 2. The van der Waals surface area contributed by atoms with Crippen LogP contribution in [0.25, 0.3) is 10.8 Å². The van der Waals surface area contributed by atoms with Crippen LogP contribution < -0.4 is 4.74 Å². The highest BCUT2D eigenvalue weighted by Crippen LogP contribution is 2.30. The number of esters is 1. The Morgan fingerprint density at radius 3 is 2.26 bits per heavy atom. The van der Waals surface area contributed by atoms with Crippen LogP contribution in [0.1, 0.15) is 39.1 Å². The largest absolute Gasteiger partial charge is 0.497 e. The molecule has 8 heteroatoms. The van der Waals surface area contributed by atoms with Crippen molar-refractivity contribution in [1.82, 2.24) is 9.80 Å². The van der Waals surface area contributed by atoms with Gasteiger partial charge in [-0.15, -0.1) is 0 Å². The molecule has 1 aliphatic rings. The van der Waals surface area contributed by atoms with Gasteiger partial charge in [0.15, 0.2) is 6.61 Å². The number of rotatable bonds is 9. The molecule has 3 amide bonds. The van der Waals surface area contributed by atoms with Crippen molar-refractivity contribution in [1.29, 1.82) is 0 Å². The number of hydrogen-bond donors (Lipinski definition) is 0. The summed E-state index contributed by atoms with van der Waals surface area (Å²) in [5, 5.41) is 1.50. The maximum atomic E-state index is 12.9. The van der Waals surface area contributed by atoms with Crippen molar-refractivity contribution >= 4 is 34.5 Å². The summed E-state index contributed by atoms with van der Waals surface area (Å²) < 4.78 is 10.3. The fraction of sp³-hybridized carbons (Fsp3) is 0.259. The lowest BCUT2D eigenvalue weighted by Crippen LogP contribution is -2.41. The molecule has 8 nitrogen and oxygen atoms in total. The second-order valence-electron chi connectivity index (χ2n) is 8.34. The number of amides is 3. The molecule has 3 aromatic rings. The van der Waals surface area contributed by atoms with Crippen molar-refractivity contribution in [3.63, 3.8) is 0 Å². The van der Waals surface area contributed by atoms with Gasteiger partial charge in [-0.3, -0.25) is 24.1 Å². The van der Waals surface area contributed by atoms with E-state index in [0.717, 1.165) is 15.8 Å².